The lowest BCUT2D eigenvalue weighted by Crippen LogP contribution is -2.31. The molecule has 3 heterocycles. The van der Waals surface area contributed by atoms with Gasteiger partial charge in [-0.25, -0.2) is 14.9 Å². The van der Waals surface area contributed by atoms with Crippen LogP contribution in [0.15, 0.2) is 43.0 Å². The number of nitrogens with one attached hydrogen (secondary N) is 1. The number of nitrogens with zero attached hydrogens (tertiary/aromatic N) is 4. The number of hydrazine groups is 1. The monoisotopic (exact) mass is 270 g/mol. The lowest BCUT2D eigenvalue weighted by Gasteiger charge is -2.16. The molecule has 1 unspecified atom stereocenters. The van der Waals surface area contributed by atoms with E-state index < -0.39 is 0 Å². The Kier molecular flexibility index (Phi) is 3.49. The van der Waals surface area contributed by atoms with Crippen LogP contribution in [0.25, 0.3) is 5.52 Å². The van der Waals surface area contributed by atoms with Crippen molar-refractivity contribution in [3.05, 3.63) is 54.4 Å². The average molecular weight is 270 g/mol. The van der Waals surface area contributed by atoms with Crippen molar-refractivity contribution in [2.24, 2.45) is 5.84 Å². The van der Waals surface area contributed by atoms with Gasteiger partial charge in [-0.15, -0.1) is 0 Å². The Morgan fingerprint density at radius 1 is 1.35 bits per heavy atom. The Bertz CT molecular complexity index is 698. The summed E-state index contributed by atoms with van der Waals surface area (Å²) in [6, 6.07) is 5.80. The van der Waals surface area contributed by atoms with E-state index in [4.69, 9.17) is 5.84 Å². The molecule has 0 saturated heterocycles. The second kappa shape index (κ2) is 5.44. The van der Waals surface area contributed by atoms with Crippen LogP contribution in [0, 0.1) is 0 Å². The van der Waals surface area contributed by atoms with Gasteiger partial charge in [0.1, 0.15) is 11.9 Å². The number of fused-ring (bicyclic) bond motifs is 1. The van der Waals surface area contributed by atoms with Crippen molar-refractivity contribution in [3.8, 4) is 0 Å². The SMILES string of the molecule is CCCn1ccnc1C(NN)c1cnn2ccccc12. The Morgan fingerprint density at radius 2 is 2.25 bits per heavy atom. The zero-order valence-corrected chi connectivity index (χ0v) is 11.4. The van der Waals surface area contributed by atoms with Crippen molar-refractivity contribution >= 4 is 5.52 Å². The zero-order chi connectivity index (χ0) is 13.9. The lowest BCUT2D eigenvalue weighted by atomic mass is 10.1. The van der Waals surface area contributed by atoms with Crippen molar-refractivity contribution in [3.63, 3.8) is 0 Å². The average Bonchev–Trinajstić information content (AvgIpc) is 3.09. The highest BCUT2D eigenvalue weighted by Gasteiger charge is 2.21. The van der Waals surface area contributed by atoms with E-state index in [1.165, 1.54) is 0 Å². The van der Waals surface area contributed by atoms with Gasteiger partial charge in [-0.2, -0.15) is 5.10 Å². The van der Waals surface area contributed by atoms with E-state index in [0.29, 0.717) is 0 Å². The minimum Gasteiger partial charge on any atom is -0.333 e. The predicted octanol–water partition coefficient (Wildman–Crippen LogP) is 1.49. The Balaban J connectivity index is 2.07. The number of hydrogen-bond donors (Lipinski definition) is 2. The molecular formula is C14H18N6. The molecule has 6 nitrogen and oxygen atoms in total. The van der Waals surface area contributed by atoms with Crippen molar-refractivity contribution in [1.82, 2.24) is 24.6 Å². The number of aryl methyl sites for hydroxylation is 1. The predicted molar refractivity (Wildman–Crippen MR) is 76.9 cm³/mol. The summed E-state index contributed by atoms with van der Waals surface area (Å²) in [6.45, 7) is 3.07. The molecule has 3 rings (SSSR count). The number of rotatable bonds is 5. The van der Waals surface area contributed by atoms with Crippen LogP contribution in [0.5, 0.6) is 0 Å². The summed E-state index contributed by atoms with van der Waals surface area (Å²) >= 11 is 0. The van der Waals surface area contributed by atoms with Gasteiger partial charge in [0.05, 0.1) is 11.7 Å². The fourth-order valence-electron chi connectivity index (χ4n) is 2.49. The van der Waals surface area contributed by atoms with Crippen molar-refractivity contribution < 1.29 is 0 Å². The summed E-state index contributed by atoms with van der Waals surface area (Å²) in [5.74, 6) is 6.68. The fourth-order valence-corrected chi connectivity index (χ4v) is 2.49. The second-order valence-corrected chi connectivity index (χ2v) is 4.71. The molecule has 0 aliphatic carbocycles. The van der Waals surface area contributed by atoms with Gasteiger partial charge in [0, 0.05) is 30.7 Å². The van der Waals surface area contributed by atoms with Crippen molar-refractivity contribution in [1.29, 1.82) is 0 Å². The van der Waals surface area contributed by atoms with E-state index in [-0.39, 0.29) is 6.04 Å². The molecule has 3 N–H and O–H groups in total. The van der Waals surface area contributed by atoms with Gasteiger partial charge in [-0.1, -0.05) is 13.0 Å². The largest absolute Gasteiger partial charge is 0.333 e. The van der Waals surface area contributed by atoms with Crippen LogP contribution in [0.4, 0.5) is 0 Å². The summed E-state index contributed by atoms with van der Waals surface area (Å²) in [5.41, 5.74) is 4.91. The standard InChI is InChI=1S/C14H18N6/c1-2-7-19-9-6-16-14(19)13(18-15)11-10-17-20-8-4-3-5-12(11)20/h3-6,8-10,13,18H,2,7,15H2,1H3. The second-order valence-electron chi connectivity index (χ2n) is 4.71. The first kappa shape index (κ1) is 12.8. The molecule has 0 aliphatic rings. The van der Waals surface area contributed by atoms with E-state index >= 15 is 0 Å². The summed E-state index contributed by atoms with van der Waals surface area (Å²) in [5, 5.41) is 4.36. The maximum atomic E-state index is 5.77. The van der Waals surface area contributed by atoms with Crippen molar-refractivity contribution in [2.45, 2.75) is 25.9 Å². The minimum atomic E-state index is -0.170. The van der Waals surface area contributed by atoms with Crippen LogP contribution in [0.2, 0.25) is 0 Å². The van der Waals surface area contributed by atoms with E-state index in [1.807, 2.05) is 41.3 Å². The van der Waals surface area contributed by atoms with E-state index in [2.05, 4.69) is 27.0 Å². The molecule has 0 saturated carbocycles. The highest BCUT2D eigenvalue weighted by atomic mass is 15.3. The third kappa shape index (κ3) is 2.09. The molecule has 0 spiro atoms. The molecule has 1 atom stereocenters. The quantitative estimate of drug-likeness (QED) is 0.544. The molecule has 20 heavy (non-hydrogen) atoms. The molecule has 0 bridgehead atoms. The summed E-state index contributed by atoms with van der Waals surface area (Å²) < 4.78 is 3.96. The number of hydrogen-bond acceptors (Lipinski definition) is 4. The first-order valence-electron chi connectivity index (χ1n) is 6.74. The van der Waals surface area contributed by atoms with Gasteiger partial charge in [-0.3, -0.25) is 5.84 Å². The molecule has 104 valence electrons. The van der Waals surface area contributed by atoms with E-state index in [1.54, 1.807) is 6.20 Å². The van der Waals surface area contributed by atoms with Crippen molar-refractivity contribution in [2.75, 3.05) is 0 Å². The maximum Gasteiger partial charge on any atom is 0.131 e. The molecular weight excluding hydrogens is 252 g/mol. The summed E-state index contributed by atoms with van der Waals surface area (Å²) in [7, 11) is 0. The molecule has 0 aliphatic heterocycles. The number of pyridine rings is 1. The highest BCUT2D eigenvalue weighted by Crippen LogP contribution is 2.24. The van der Waals surface area contributed by atoms with Crippen LogP contribution in [-0.4, -0.2) is 19.2 Å². The summed E-state index contributed by atoms with van der Waals surface area (Å²) in [6.07, 6.45) is 8.60. The lowest BCUT2D eigenvalue weighted by molar-refractivity contribution is 0.547. The molecule has 3 aromatic heterocycles. The minimum absolute atomic E-state index is 0.170. The number of imidazole rings is 1. The third-order valence-electron chi connectivity index (χ3n) is 3.40. The van der Waals surface area contributed by atoms with E-state index in [9.17, 15) is 0 Å². The van der Waals surface area contributed by atoms with Gasteiger partial charge in [0.25, 0.3) is 0 Å². The first-order chi connectivity index (χ1) is 9.85. The van der Waals surface area contributed by atoms with Gasteiger partial charge >= 0.3 is 0 Å². The Morgan fingerprint density at radius 3 is 3.05 bits per heavy atom. The molecule has 0 fully saturated rings. The Labute approximate surface area is 117 Å². The van der Waals surface area contributed by atoms with Crippen LogP contribution >= 0.6 is 0 Å². The van der Waals surface area contributed by atoms with E-state index in [0.717, 1.165) is 29.9 Å². The third-order valence-corrected chi connectivity index (χ3v) is 3.40. The number of nitrogens with two attached hydrogens (primary N) is 1. The molecule has 0 aromatic carbocycles. The Hall–Kier alpha value is -2.18. The molecule has 0 radical (unpaired) electrons. The van der Waals surface area contributed by atoms with Crippen LogP contribution < -0.4 is 11.3 Å². The van der Waals surface area contributed by atoms with Crippen LogP contribution in [0.1, 0.15) is 30.8 Å². The normalized spacial score (nSPS) is 12.9. The number of aromatic nitrogens is 4. The first-order valence-corrected chi connectivity index (χ1v) is 6.74. The highest BCUT2D eigenvalue weighted by molar-refractivity contribution is 5.56. The van der Waals surface area contributed by atoms with Crippen LogP contribution in [0.3, 0.4) is 0 Å². The molecule has 6 heteroatoms. The topological polar surface area (TPSA) is 73.2 Å². The zero-order valence-electron chi connectivity index (χ0n) is 11.4. The van der Waals surface area contributed by atoms with Gasteiger partial charge in [0.2, 0.25) is 0 Å². The molecule has 3 aromatic rings. The fraction of sp³-hybridized carbons (Fsp3) is 0.286. The maximum absolute atomic E-state index is 5.77. The van der Waals surface area contributed by atoms with Gasteiger partial charge < -0.3 is 4.57 Å². The van der Waals surface area contributed by atoms with Gasteiger partial charge in [-0.05, 0) is 18.6 Å². The summed E-state index contributed by atoms with van der Waals surface area (Å²) in [4.78, 5) is 4.45. The smallest absolute Gasteiger partial charge is 0.131 e. The van der Waals surface area contributed by atoms with Gasteiger partial charge in [0.15, 0.2) is 0 Å². The molecule has 0 amide bonds. The van der Waals surface area contributed by atoms with Crippen LogP contribution in [-0.2, 0) is 6.54 Å².